The van der Waals surface area contributed by atoms with Crippen LogP contribution in [0.3, 0.4) is 0 Å². The standard InChI is InChI=1S/C16H15FN4O.C8H15NO.HI.2H2/c1-10(2)21-8-19-16-13(17)5-12(6-14(16)21)11-3-4-18-15(7-11)20-9-22;1-7(10)9-8-5-3-2-4-6-8;;;/h3-10H,1-2H3,(H,18,20,22);8H,2-6H2,1H3,(H,9,10);3*1H. The molecule has 1 saturated carbocycles. The Morgan fingerprint density at radius 3 is 2.55 bits per heavy atom. The predicted octanol–water partition coefficient (Wildman–Crippen LogP) is 5.95. The number of pyridine rings is 1. The molecule has 4 rings (SSSR count). The van der Waals surface area contributed by atoms with Crippen molar-refractivity contribution >= 4 is 53.1 Å². The van der Waals surface area contributed by atoms with Gasteiger partial charge in [0.15, 0.2) is 5.82 Å². The summed E-state index contributed by atoms with van der Waals surface area (Å²) in [5.74, 6) is 0.172. The molecule has 2 aromatic heterocycles. The van der Waals surface area contributed by atoms with Gasteiger partial charge < -0.3 is 15.2 Å². The van der Waals surface area contributed by atoms with Gasteiger partial charge in [0.05, 0.1) is 11.8 Å². The Morgan fingerprint density at radius 1 is 1.18 bits per heavy atom. The molecule has 0 spiro atoms. The van der Waals surface area contributed by atoms with E-state index in [-0.39, 0.29) is 44.6 Å². The average Bonchev–Trinajstić information content (AvgIpc) is 3.20. The summed E-state index contributed by atoms with van der Waals surface area (Å²) in [4.78, 5) is 29.3. The van der Waals surface area contributed by atoms with Crippen LogP contribution >= 0.6 is 24.0 Å². The van der Waals surface area contributed by atoms with Crippen molar-refractivity contribution in [3.05, 3.63) is 42.6 Å². The van der Waals surface area contributed by atoms with Crippen LogP contribution in [-0.4, -0.2) is 32.9 Å². The molecule has 2 N–H and O–H groups in total. The number of rotatable bonds is 5. The summed E-state index contributed by atoms with van der Waals surface area (Å²) in [6.45, 7) is 5.63. The van der Waals surface area contributed by atoms with Crippen molar-refractivity contribution < 1.29 is 16.8 Å². The Morgan fingerprint density at radius 2 is 1.91 bits per heavy atom. The monoisotopic (exact) mass is 571 g/mol. The molecule has 1 aliphatic rings. The number of hydrogen-bond acceptors (Lipinski definition) is 4. The third-order valence-corrected chi connectivity index (χ3v) is 5.50. The maximum atomic E-state index is 14.3. The van der Waals surface area contributed by atoms with E-state index >= 15 is 0 Å². The Hall–Kier alpha value is -2.56. The fourth-order valence-corrected chi connectivity index (χ4v) is 3.95. The third kappa shape index (κ3) is 7.21. The molecule has 7 nitrogen and oxygen atoms in total. The van der Waals surface area contributed by atoms with Crippen LogP contribution in [0.5, 0.6) is 0 Å². The van der Waals surface area contributed by atoms with Crippen LogP contribution in [0.25, 0.3) is 22.2 Å². The number of anilines is 1. The van der Waals surface area contributed by atoms with Gasteiger partial charge in [-0.25, -0.2) is 14.4 Å². The van der Waals surface area contributed by atoms with E-state index in [9.17, 15) is 14.0 Å². The molecular formula is C24H35FIN5O2. The Labute approximate surface area is 213 Å². The number of fused-ring (bicyclic) bond motifs is 1. The van der Waals surface area contributed by atoms with Crippen molar-refractivity contribution in [1.82, 2.24) is 19.9 Å². The number of benzene rings is 1. The summed E-state index contributed by atoms with van der Waals surface area (Å²) >= 11 is 0. The van der Waals surface area contributed by atoms with E-state index in [0.717, 1.165) is 11.1 Å². The number of aromatic nitrogens is 3. The minimum atomic E-state index is -0.367. The molecule has 2 heterocycles. The van der Waals surface area contributed by atoms with Crippen LogP contribution in [0.4, 0.5) is 10.2 Å². The normalized spacial score (nSPS) is 13.6. The zero-order valence-corrected chi connectivity index (χ0v) is 21.5. The van der Waals surface area contributed by atoms with Crippen molar-refractivity contribution in [3.63, 3.8) is 0 Å². The van der Waals surface area contributed by atoms with E-state index in [0.29, 0.717) is 29.3 Å². The first-order chi connectivity index (χ1) is 15.4. The largest absolute Gasteiger partial charge is 0.354 e. The lowest BCUT2D eigenvalue weighted by atomic mass is 9.95. The molecule has 33 heavy (non-hydrogen) atoms. The number of nitrogens with one attached hydrogen (secondary N) is 2. The van der Waals surface area contributed by atoms with Gasteiger partial charge in [0, 0.05) is 28.1 Å². The first-order valence-electron chi connectivity index (χ1n) is 11.0. The van der Waals surface area contributed by atoms with E-state index < -0.39 is 0 Å². The maximum Gasteiger partial charge on any atom is 0.217 e. The van der Waals surface area contributed by atoms with Crippen molar-refractivity contribution in [3.8, 4) is 11.1 Å². The van der Waals surface area contributed by atoms with Gasteiger partial charge in [0.25, 0.3) is 0 Å². The highest BCUT2D eigenvalue weighted by Crippen LogP contribution is 2.28. The van der Waals surface area contributed by atoms with Crippen LogP contribution in [0.2, 0.25) is 0 Å². The molecule has 2 amide bonds. The predicted molar refractivity (Wildman–Crippen MR) is 143 cm³/mol. The molecule has 3 aromatic rings. The van der Waals surface area contributed by atoms with Gasteiger partial charge in [-0.05, 0) is 62.1 Å². The molecule has 182 valence electrons. The Bertz CT molecular complexity index is 1090. The van der Waals surface area contributed by atoms with Gasteiger partial charge >= 0.3 is 0 Å². The van der Waals surface area contributed by atoms with E-state index in [2.05, 4.69) is 20.6 Å². The lowest BCUT2D eigenvalue weighted by Crippen LogP contribution is -2.34. The van der Waals surface area contributed by atoms with Gasteiger partial charge in [-0.2, -0.15) is 0 Å². The molecule has 0 saturated heterocycles. The van der Waals surface area contributed by atoms with Gasteiger partial charge in [-0.3, -0.25) is 9.59 Å². The summed E-state index contributed by atoms with van der Waals surface area (Å²) in [5.41, 5.74) is 2.59. The van der Waals surface area contributed by atoms with Gasteiger partial charge in [-0.15, -0.1) is 24.0 Å². The molecule has 0 bridgehead atoms. The van der Waals surface area contributed by atoms with Crippen molar-refractivity contribution in [1.29, 1.82) is 0 Å². The van der Waals surface area contributed by atoms with Crippen LogP contribution < -0.4 is 10.6 Å². The summed E-state index contributed by atoms with van der Waals surface area (Å²) in [7, 11) is 0. The van der Waals surface area contributed by atoms with Crippen molar-refractivity contribution in [2.45, 2.75) is 65.0 Å². The van der Waals surface area contributed by atoms with E-state index in [1.54, 1.807) is 31.6 Å². The van der Waals surface area contributed by atoms with Crippen LogP contribution in [-0.2, 0) is 9.59 Å². The second-order valence-electron chi connectivity index (χ2n) is 8.30. The summed E-state index contributed by atoms with van der Waals surface area (Å²) < 4.78 is 16.2. The molecule has 9 heteroatoms. The van der Waals surface area contributed by atoms with Gasteiger partial charge in [-0.1, -0.05) is 19.3 Å². The highest BCUT2D eigenvalue weighted by Gasteiger charge is 2.14. The zero-order valence-electron chi connectivity index (χ0n) is 19.2. The Balaban J connectivity index is 0.000000764. The fourth-order valence-electron chi connectivity index (χ4n) is 3.95. The summed E-state index contributed by atoms with van der Waals surface area (Å²) in [5, 5.41) is 5.43. The number of carbonyl (C=O) groups excluding carboxylic acids is 2. The smallest absolute Gasteiger partial charge is 0.217 e. The maximum absolute atomic E-state index is 14.3. The minimum Gasteiger partial charge on any atom is -0.354 e. The highest BCUT2D eigenvalue weighted by molar-refractivity contribution is 14.0. The second-order valence-corrected chi connectivity index (χ2v) is 8.30. The molecular weight excluding hydrogens is 536 g/mol. The van der Waals surface area contributed by atoms with E-state index in [4.69, 9.17) is 0 Å². The molecule has 1 aliphatic carbocycles. The molecule has 1 fully saturated rings. The zero-order chi connectivity index (χ0) is 23.1. The van der Waals surface area contributed by atoms with Gasteiger partial charge in [0.2, 0.25) is 12.3 Å². The number of halogens is 2. The molecule has 1 aromatic carbocycles. The number of amides is 2. The van der Waals surface area contributed by atoms with Gasteiger partial charge in [0.1, 0.15) is 11.3 Å². The molecule has 0 radical (unpaired) electrons. The lowest BCUT2D eigenvalue weighted by Gasteiger charge is -2.21. The third-order valence-electron chi connectivity index (χ3n) is 5.50. The van der Waals surface area contributed by atoms with Crippen LogP contribution in [0.1, 0.15) is 61.8 Å². The first kappa shape index (κ1) is 26.7. The fraction of sp³-hybridized carbons (Fsp3) is 0.417. The lowest BCUT2D eigenvalue weighted by molar-refractivity contribution is -0.119. The van der Waals surface area contributed by atoms with E-state index in [1.165, 1.54) is 38.2 Å². The number of nitrogens with zero attached hydrogens (tertiary/aromatic N) is 3. The summed E-state index contributed by atoms with van der Waals surface area (Å²) in [6.07, 6.45) is 10.0. The Kier molecular flexibility index (Phi) is 10.2. The van der Waals surface area contributed by atoms with E-state index in [1.807, 2.05) is 24.5 Å². The molecule has 0 aliphatic heterocycles. The van der Waals surface area contributed by atoms with Crippen LogP contribution in [0.15, 0.2) is 36.8 Å². The number of carbonyl (C=O) groups is 2. The highest BCUT2D eigenvalue weighted by atomic mass is 127. The van der Waals surface area contributed by atoms with Crippen molar-refractivity contribution in [2.75, 3.05) is 5.32 Å². The second kappa shape index (κ2) is 12.6. The van der Waals surface area contributed by atoms with Crippen LogP contribution in [0, 0.1) is 5.82 Å². The average molecular weight is 571 g/mol. The van der Waals surface area contributed by atoms with Crippen molar-refractivity contribution in [2.24, 2.45) is 0 Å². The summed E-state index contributed by atoms with van der Waals surface area (Å²) in [6, 6.07) is 7.47. The first-order valence-corrected chi connectivity index (χ1v) is 11.0. The minimum absolute atomic E-state index is 0. The topological polar surface area (TPSA) is 88.9 Å². The number of hydrogen-bond donors (Lipinski definition) is 2. The SMILES string of the molecule is CC(=O)NC1CCCCC1.CC(C)n1cnc2c(F)cc(-c3ccnc(NC=O)c3)cc21.I.[HH].[HH]. The quantitative estimate of drug-likeness (QED) is 0.293. The molecule has 0 atom stereocenters. The number of imidazole rings is 1. The molecule has 0 unspecified atom stereocenters.